The summed E-state index contributed by atoms with van der Waals surface area (Å²) in [5.74, 6) is 0.368. The van der Waals surface area contributed by atoms with E-state index in [0.29, 0.717) is 12.4 Å². The number of ether oxygens (including phenoxy) is 3. The summed E-state index contributed by atoms with van der Waals surface area (Å²) in [5.41, 5.74) is 1.52. The van der Waals surface area contributed by atoms with E-state index < -0.39 is 6.36 Å². The maximum Gasteiger partial charge on any atom is 0.573 e. The number of nitrogens with one attached hydrogen (secondary N) is 1. The van der Waals surface area contributed by atoms with Gasteiger partial charge in [0.2, 0.25) is 0 Å². The van der Waals surface area contributed by atoms with Crippen LogP contribution in [-0.4, -0.2) is 31.2 Å². The quantitative estimate of drug-likeness (QED) is 0.590. The van der Waals surface area contributed by atoms with Gasteiger partial charge in [0.05, 0.1) is 24.4 Å². The van der Waals surface area contributed by atoms with E-state index in [1.165, 1.54) is 17.7 Å². The minimum absolute atomic E-state index is 0. The van der Waals surface area contributed by atoms with E-state index >= 15 is 0 Å². The molecule has 174 valence electrons. The van der Waals surface area contributed by atoms with Crippen LogP contribution in [0.5, 0.6) is 11.5 Å². The number of hydrogen-bond acceptors (Lipinski definition) is 4. The number of alkyl halides is 3. The van der Waals surface area contributed by atoms with Crippen molar-refractivity contribution in [3.63, 3.8) is 0 Å². The van der Waals surface area contributed by atoms with Crippen LogP contribution in [0, 0.1) is 0 Å². The van der Waals surface area contributed by atoms with E-state index in [4.69, 9.17) is 9.47 Å². The van der Waals surface area contributed by atoms with Crippen molar-refractivity contribution >= 4 is 12.4 Å². The lowest BCUT2D eigenvalue weighted by molar-refractivity contribution is -0.274. The standard InChI is InChI=1S/C24H26F3NO3.ClH/c25-24(26,27)31-19-9-10-21(30-18-7-8-18)20(13-19)17-14-23(29-15-17)11-4-12-28-22(23)16-5-2-1-3-6-16;/h1-3,5-6,9-10,13,17-18,22,28H,4,7-8,11-12,14-15H2;1H/t17-,22-,23+;/m0./s1. The lowest BCUT2D eigenvalue weighted by atomic mass is 9.77. The minimum atomic E-state index is -4.73. The van der Waals surface area contributed by atoms with Crippen molar-refractivity contribution in [2.24, 2.45) is 0 Å². The second kappa shape index (κ2) is 9.12. The molecule has 3 atom stereocenters. The first-order valence-corrected chi connectivity index (χ1v) is 10.9. The Morgan fingerprint density at radius 3 is 2.56 bits per heavy atom. The first-order chi connectivity index (χ1) is 14.9. The van der Waals surface area contributed by atoms with Crippen LogP contribution in [0.4, 0.5) is 13.2 Å². The number of halogens is 4. The van der Waals surface area contributed by atoms with Crippen LogP contribution in [0.3, 0.4) is 0 Å². The van der Waals surface area contributed by atoms with Gasteiger partial charge in [-0.3, -0.25) is 0 Å². The van der Waals surface area contributed by atoms with Crippen LogP contribution in [-0.2, 0) is 4.74 Å². The van der Waals surface area contributed by atoms with Gasteiger partial charge in [-0.2, -0.15) is 0 Å². The third kappa shape index (κ3) is 5.00. The van der Waals surface area contributed by atoms with Crippen molar-refractivity contribution in [2.75, 3.05) is 13.2 Å². The van der Waals surface area contributed by atoms with Gasteiger partial charge in [0.25, 0.3) is 0 Å². The fraction of sp³-hybridized carbons (Fsp3) is 0.500. The lowest BCUT2D eigenvalue weighted by Gasteiger charge is -2.41. The molecule has 0 unspecified atom stereocenters. The van der Waals surface area contributed by atoms with Gasteiger partial charge in [-0.05, 0) is 62.4 Å². The zero-order chi connectivity index (χ0) is 21.5. The number of rotatable bonds is 5. The zero-order valence-electron chi connectivity index (χ0n) is 17.6. The molecule has 1 N–H and O–H groups in total. The van der Waals surface area contributed by atoms with Crippen molar-refractivity contribution < 1.29 is 27.4 Å². The second-order valence-electron chi connectivity index (χ2n) is 8.74. The van der Waals surface area contributed by atoms with Crippen molar-refractivity contribution in [3.8, 4) is 11.5 Å². The normalized spacial score (nSPS) is 27.7. The monoisotopic (exact) mass is 469 g/mol. The van der Waals surface area contributed by atoms with Gasteiger partial charge in [0, 0.05) is 11.5 Å². The third-order valence-corrected chi connectivity index (χ3v) is 6.42. The molecule has 0 bridgehead atoms. The molecule has 1 spiro atoms. The molecule has 3 aliphatic rings. The van der Waals surface area contributed by atoms with Crippen LogP contribution in [0.2, 0.25) is 0 Å². The molecule has 0 amide bonds. The molecule has 2 aliphatic heterocycles. The van der Waals surface area contributed by atoms with Gasteiger partial charge in [-0.1, -0.05) is 30.3 Å². The summed E-state index contributed by atoms with van der Waals surface area (Å²) in [5, 5.41) is 3.61. The molecule has 1 saturated carbocycles. The van der Waals surface area contributed by atoms with Gasteiger partial charge in [0.1, 0.15) is 11.5 Å². The van der Waals surface area contributed by atoms with Crippen molar-refractivity contribution in [2.45, 2.75) is 62.1 Å². The number of benzene rings is 2. The summed E-state index contributed by atoms with van der Waals surface area (Å²) < 4.78 is 55.1. The van der Waals surface area contributed by atoms with Crippen LogP contribution in [0.1, 0.15) is 55.2 Å². The Balaban J connectivity index is 0.00000245. The SMILES string of the molecule is Cl.FC(F)(F)Oc1ccc(OC2CC2)c([C@@H]2CO[C@]3(CCCN[C@H]3c3ccccc3)C2)c1. The first-order valence-electron chi connectivity index (χ1n) is 10.9. The van der Waals surface area contributed by atoms with E-state index in [2.05, 4.69) is 22.2 Å². The highest BCUT2D eigenvalue weighted by atomic mass is 35.5. The molecule has 3 fully saturated rings. The molecule has 2 saturated heterocycles. The molecule has 1 aliphatic carbocycles. The highest BCUT2D eigenvalue weighted by molar-refractivity contribution is 5.85. The van der Waals surface area contributed by atoms with Gasteiger partial charge in [0.15, 0.2) is 0 Å². The molecule has 0 radical (unpaired) electrons. The van der Waals surface area contributed by atoms with Gasteiger partial charge in [-0.25, -0.2) is 0 Å². The Morgan fingerprint density at radius 2 is 1.84 bits per heavy atom. The topological polar surface area (TPSA) is 39.7 Å². The molecule has 2 aromatic rings. The van der Waals surface area contributed by atoms with Gasteiger partial charge >= 0.3 is 6.36 Å². The van der Waals surface area contributed by atoms with E-state index in [-0.39, 0.29) is 41.8 Å². The molecular formula is C24H27ClF3NO3. The Hall–Kier alpha value is -1.96. The number of piperidine rings is 1. The summed E-state index contributed by atoms with van der Waals surface area (Å²) in [4.78, 5) is 0. The predicted octanol–water partition coefficient (Wildman–Crippen LogP) is 5.92. The minimum Gasteiger partial charge on any atom is -0.490 e. The third-order valence-electron chi connectivity index (χ3n) is 6.42. The molecular weight excluding hydrogens is 443 g/mol. The van der Waals surface area contributed by atoms with Gasteiger partial charge < -0.3 is 19.5 Å². The van der Waals surface area contributed by atoms with Crippen LogP contribution in [0.15, 0.2) is 48.5 Å². The molecule has 2 aromatic carbocycles. The highest BCUT2D eigenvalue weighted by Crippen LogP contribution is 2.50. The molecule has 2 heterocycles. The summed E-state index contributed by atoms with van der Waals surface area (Å²) in [6.07, 6.45) is 0.00624. The molecule has 4 nitrogen and oxygen atoms in total. The van der Waals surface area contributed by atoms with Crippen LogP contribution < -0.4 is 14.8 Å². The fourth-order valence-corrected chi connectivity index (χ4v) is 4.92. The highest BCUT2D eigenvalue weighted by Gasteiger charge is 2.49. The second-order valence-corrected chi connectivity index (χ2v) is 8.74. The molecule has 8 heteroatoms. The predicted molar refractivity (Wildman–Crippen MR) is 116 cm³/mol. The average Bonchev–Trinajstić information content (AvgIpc) is 3.47. The maximum absolute atomic E-state index is 12.8. The first kappa shape index (κ1) is 23.2. The van der Waals surface area contributed by atoms with E-state index in [9.17, 15) is 13.2 Å². The van der Waals surface area contributed by atoms with Crippen molar-refractivity contribution in [3.05, 3.63) is 59.7 Å². The Kier molecular flexibility index (Phi) is 6.61. The largest absolute Gasteiger partial charge is 0.573 e. The summed E-state index contributed by atoms with van der Waals surface area (Å²) in [6, 6.07) is 14.7. The summed E-state index contributed by atoms with van der Waals surface area (Å²) in [6.45, 7) is 1.36. The fourth-order valence-electron chi connectivity index (χ4n) is 4.92. The lowest BCUT2D eigenvalue weighted by Crippen LogP contribution is -2.48. The zero-order valence-corrected chi connectivity index (χ0v) is 18.4. The van der Waals surface area contributed by atoms with Crippen LogP contribution >= 0.6 is 12.4 Å². The smallest absolute Gasteiger partial charge is 0.490 e. The van der Waals surface area contributed by atoms with E-state index in [1.54, 1.807) is 6.07 Å². The van der Waals surface area contributed by atoms with Gasteiger partial charge in [-0.15, -0.1) is 25.6 Å². The Morgan fingerprint density at radius 1 is 1.06 bits per heavy atom. The van der Waals surface area contributed by atoms with Crippen molar-refractivity contribution in [1.29, 1.82) is 0 Å². The molecule has 0 aromatic heterocycles. The van der Waals surface area contributed by atoms with Crippen LogP contribution in [0.25, 0.3) is 0 Å². The van der Waals surface area contributed by atoms with E-state index in [1.807, 2.05) is 18.2 Å². The van der Waals surface area contributed by atoms with Crippen molar-refractivity contribution in [1.82, 2.24) is 5.32 Å². The maximum atomic E-state index is 12.8. The Bertz CT molecular complexity index is 922. The van der Waals surface area contributed by atoms with E-state index in [0.717, 1.165) is 44.2 Å². The Labute approximate surface area is 191 Å². The average molecular weight is 470 g/mol. The molecule has 32 heavy (non-hydrogen) atoms. The molecule has 5 rings (SSSR count). The summed E-state index contributed by atoms with van der Waals surface area (Å²) >= 11 is 0. The number of hydrogen-bond donors (Lipinski definition) is 1. The summed E-state index contributed by atoms with van der Waals surface area (Å²) in [7, 11) is 0.